The Labute approximate surface area is 308 Å². The Morgan fingerprint density at radius 2 is 0.923 bits per heavy atom. The minimum Gasteiger partial charge on any atom is -0.504 e. The summed E-state index contributed by atoms with van der Waals surface area (Å²) >= 11 is 0. The van der Waals surface area contributed by atoms with E-state index in [0.717, 1.165) is 62.7 Å². The van der Waals surface area contributed by atoms with Gasteiger partial charge < -0.3 is 29.6 Å². The van der Waals surface area contributed by atoms with Gasteiger partial charge in [-0.25, -0.2) is 0 Å². The molecule has 6 aromatic rings. The summed E-state index contributed by atoms with van der Waals surface area (Å²) in [7, 11) is 0. The largest absolute Gasteiger partial charge is 0.504 e. The average Bonchev–Trinajstić information content (AvgIpc) is 3.65. The number of aromatic hydroxyl groups is 4. The second-order valence-electron chi connectivity index (χ2n) is 15.0. The molecule has 4 unspecified atom stereocenters. The molecule has 0 radical (unpaired) electrons. The third-order valence-electron chi connectivity index (χ3n) is 11.9. The molecule has 4 N–H and O–H groups in total. The quantitative estimate of drug-likeness (QED) is 0.0851. The number of hydrogen-bond donors (Lipinski definition) is 4. The Kier molecular flexibility index (Phi) is 10.3. The van der Waals surface area contributed by atoms with Crippen LogP contribution in [-0.2, 0) is 13.1 Å². The van der Waals surface area contributed by atoms with Crippen molar-refractivity contribution >= 4 is 21.8 Å². The Bertz CT molecular complexity index is 2040. The molecule has 0 amide bonds. The van der Waals surface area contributed by atoms with E-state index in [2.05, 4.69) is 85.4 Å². The van der Waals surface area contributed by atoms with Crippen molar-refractivity contribution in [2.75, 3.05) is 0 Å². The first kappa shape index (κ1) is 35.6. The van der Waals surface area contributed by atoms with Crippen molar-refractivity contribution in [1.82, 2.24) is 9.13 Å². The van der Waals surface area contributed by atoms with Crippen LogP contribution in [0.1, 0.15) is 125 Å². The van der Waals surface area contributed by atoms with E-state index in [-0.39, 0.29) is 34.8 Å². The van der Waals surface area contributed by atoms with Gasteiger partial charge in [0.05, 0.1) is 11.8 Å². The molecule has 272 valence electrons. The van der Waals surface area contributed by atoms with Crippen LogP contribution in [0.3, 0.4) is 0 Å². The van der Waals surface area contributed by atoms with Crippen LogP contribution in [0.4, 0.5) is 0 Å². The summed E-state index contributed by atoms with van der Waals surface area (Å²) in [6.45, 7) is 10.8. The van der Waals surface area contributed by atoms with Crippen molar-refractivity contribution in [2.45, 2.75) is 104 Å². The maximum atomic E-state index is 11.0. The molecule has 0 spiro atoms. The normalized spacial score (nSPS) is 16.6. The maximum Gasteiger partial charge on any atom is 0.157 e. The number of phenolic OH excluding ortho intramolecular Hbond substituents is 4. The van der Waals surface area contributed by atoms with Gasteiger partial charge in [-0.05, 0) is 83.3 Å². The van der Waals surface area contributed by atoms with Gasteiger partial charge in [0, 0.05) is 46.3 Å². The predicted molar refractivity (Wildman–Crippen MR) is 212 cm³/mol. The Hall–Kier alpha value is -4.84. The first-order valence-electron chi connectivity index (χ1n) is 19.6. The molecular weight excluding hydrogens is 645 g/mol. The summed E-state index contributed by atoms with van der Waals surface area (Å²) in [5.74, 6) is -0.0310. The Morgan fingerprint density at radius 3 is 1.29 bits per heavy atom. The maximum absolute atomic E-state index is 11.0. The number of fused-ring (bicyclic) bond motifs is 6. The predicted octanol–water partition coefficient (Wildman–Crippen LogP) is 11.5. The second kappa shape index (κ2) is 15.0. The number of phenols is 4. The van der Waals surface area contributed by atoms with E-state index in [0.29, 0.717) is 11.8 Å². The molecule has 0 aliphatic heterocycles. The lowest BCUT2D eigenvalue weighted by molar-refractivity contribution is 0.384. The third kappa shape index (κ3) is 6.20. The molecule has 7 rings (SSSR count). The number of unbranched alkanes of at least 4 members (excludes halogenated alkanes) is 2. The van der Waals surface area contributed by atoms with E-state index in [4.69, 9.17) is 0 Å². The minimum atomic E-state index is -0.239. The van der Waals surface area contributed by atoms with Gasteiger partial charge in [-0.15, -0.1) is 0 Å². The molecule has 2 heterocycles. The molecule has 0 saturated carbocycles. The molecule has 4 atom stereocenters. The fraction of sp³-hybridized carbons (Fsp3) is 0.391. The van der Waals surface area contributed by atoms with Gasteiger partial charge in [0.25, 0.3) is 0 Å². The highest BCUT2D eigenvalue weighted by Crippen LogP contribution is 2.56. The summed E-state index contributed by atoms with van der Waals surface area (Å²) in [5.41, 5.74) is 8.98. The van der Waals surface area contributed by atoms with Crippen LogP contribution in [0.15, 0.2) is 84.9 Å². The lowest BCUT2D eigenvalue weighted by Crippen LogP contribution is -2.25. The molecule has 2 aromatic heterocycles. The van der Waals surface area contributed by atoms with Crippen LogP contribution in [0.2, 0.25) is 0 Å². The van der Waals surface area contributed by atoms with Crippen LogP contribution in [0.25, 0.3) is 21.8 Å². The summed E-state index contributed by atoms with van der Waals surface area (Å²) in [4.78, 5) is 0. The Balaban J connectivity index is 1.63. The van der Waals surface area contributed by atoms with E-state index in [1.54, 1.807) is 24.3 Å². The number of benzene rings is 4. The van der Waals surface area contributed by atoms with E-state index >= 15 is 0 Å². The molecule has 1 aliphatic carbocycles. The number of para-hydroxylation sites is 2. The summed E-state index contributed by atoms with van der Waals surface area (Å²) in [5, 5.41) is 45.5. The van der Waals surface area contributed by atoms with Gasteiger partial charge in [-0.2, -0.15) is 0 Å². The van der Waals surface area contributed by atoms with Crippen molar-refractivity contribution in [1.29, 1.82) is 0 Å². The van der Waals surface area contributed by atoms with Crippen LogP contribution in [0.5, 0.6) is 23.0 Å². The third-order valence-corrected chi connectivity index (χ3v) is 11.9. The smallest absolute Gasteiger partial charge is 0.157 e. The zero-order valence-electron chi connectivity index (χ0n) is 31.1. The van der Waals surface area contributed by atoms with Gasteiger partial charge in [0.2, 0.25) is 0 Å². The summed E-state index contributed by atoms with van der Waals surface area (Å²) in [6, 6.07) is 28.1. The zero-order valence-corrected chi connectivity index (χ0v) is 31.1. The highest BCUT2D eigenvalue weighted by Gasteiger charge is 2.43. The van der Waals surface area contributed by atoms with Crippen LogP contribution >= 0.6 is 0 Å². The molecule has 4 aromatic carbocycles. The van der Waals surface area contributed by atoms with E-state index < -0.39 is 0 Å². The zero-order chi connectivity index (χ0) is 36.5. The van der Waals surface area contributed by atoms with Crippen molar-refractivity contribution in [3.63, 3.8) is 0 Å². The van der Waals surface area contributed by atoms with Crippen LogP contribution in [0, 0.1) is 11.8 Å². The summed E-state index contributed by atoms with van der Waals surface area (Å²) < 4.78 is 5.11. The van der Waals surface area contributed by atoms with Gasteiger partial charge in [-0.1, -0.05) is 115 Å². The van der Waals surface area contributed by atoms with Crippen molar-refractivity contribution < 1.29 is 20.4 Å². The lowest BCUT2D eigenvalue weighted by Gasteiger charge is -2.35. The summed E-state index contributed by atoms with van der Waals surface area (Å²) in [6.07, 6.45) is 9.11. The van der Waals surface area contributed by atoms with E-state index in [1.165, 1.54) is 57.2 Å². The number of aromatic nitrogens is 2. The number of hydrogen-bond acceptors (Lipinski definition) is 4. The highest BCUT2D eigenvalue weighted by molar-refractivity contribution is 5.94. The van der Waals surface area contributed by atoms with Crippen molar-refractivity contribution in [3.05, 3.63) is 119 Å². The topological polar surface area (TPSA) is 90.8 Å². The highest BCUT2D eigenvalue weighted by atomic mass is 16.3. The number of rotatable bonds is 14. The van der Waals surface area contributed by atoms with Crippen LogP contribution in [-0.4, -0.2) is 29.6 Å². The van der Waals surface area contributed by atoms with Gasteiger partial charge in [-0.3, -0.25) is 0 Å². The second-order valence-corrected chi connectivity index (χ2v) is 15.0. The van der Waals surface area contributed by atoms with Gasteiger partial charge in [0.15, 0.2) is 23.0 Å². The van der Waals surface area contributed by atoms with Gasteiger partial charge >= 0.3 is 0 Å². The fourth-order valence-electron chi connectivity index (χ4n) is 9.04. The molecule has 52 heavy (non-hydrogen) atoms. The lowest BCUT2D eigenvalue weighted by atomic mass is 9.72. The minimum absolute atomic E-state index is 0.127. The first-order valence-corrected chi connectivity index (χ1v) is 19.6. The van der Waals surface area contributed by atoms with Gasteiger partial charge in [0.1, 0.15) is 0 Å². The van der Waals surface area contributed by atoms with Crippen molar-refractivity contribution in [2.24, 2.45) is 11.8 Å². The molecule has 0 bridgehead atoms. The standard InChI is InChI=1S/C46H54N2O4/c1-5-9-15-29(7-3)27-47-35-19-13-11-17-33(35)43-42(32-22-24-38(50)40(52)26-32)46-44(41(45(43)47)31-21-23-37(49)39(51)25-31)34-18-12-14-20-36(34)48(46)28-30(8-4)16-10-6-2/h11-14,17-26,29-30,41-42,49-52H,5-10,15-16,27-28H2,1-4H3. The number of nitrogens with zero attached hydrogens (tertiary/aromatic N) is 2. The van der Waals surface area contributed by atoms with Crippen LogP contribution < -0.4 is 0 Å². The molecular formula is C46H54N2O4. The molecule has 0 saturated heterocycles. The molecule has 6 heteroatoms. The first-order chi connectivity index (χ1) is 25.3. The monoisotopic (exact) mass is 698 g/mol. The van der Waals surface area contributed by atoms with E-state index in [9.17, 15) is 20.4 Å². The average molecular weight is 699 g/mol. The van der Waals surface area contributed by atoms with Crippen molar-refractivity contribution in [3.8, 4) is 23.0 Å². The van der Waals surface area contributed by atoms with E-state index in [1.807, 2.05) is 12.1 Å². The Morgan fingerprint density at radius 1 is 0.519 bits per heavy atom. The SMILES string of the molecule is CCCCC(CC)Cn1c2c(c3ccccc31)C(c1ccc(O)c(O)c1)c1c(c3ccccc3n1CC(CC)CCCC)C2c1ccc(O)c(O)c1. The fourth-order valence-corrected chi connectivity index (χ4v) is 9.04. The molecule has 1 aliphatic rings. The molecule has 0 fully saturated rings. The molecule has 6 nitrogen and oxygen atoms in total.